The highest BCUT2D eigenvalue weighted by molar-refractivity contribution is 5.59. The predicted octanol–water partition coefficient (Wildman–Crippen LogP) is 2.89. The van der Waals surface area contributed by atoms with Gasteiger partial charge in [0.25, 0.3) is 0 Å². The average molecular weight is 172 g/mol. The minimum absolute atomic E-state index is 0.300. The molecule has 0 spiro atoms. The zero-order valence-electron chi connectivity index (χ0n) is 7.52. The fourth-order valence-corrected chi connectivity index (χ4v) is 2.05. The molecule has 0 radical (unpaired) electrons. The molecule has 12 heavy (non-hydrogen) atoms. The van der Waals surface area contributed by atoms with Gasteiger partial charge in [0.15, 0.2) is 0 Å². The summed E-state index contributed by atoms with van der Waals surface area (Å²) in [7, 11) is 0. The first-order chi connectivity index (χ1) is 5.83. The van der Waals surface area contributed by atoms with Crippen molar-refractivity contribution >= 4 is 6.29 Å². The minimum atomic E-state index is -0.348. The maximum atomic E-state index is 12.2. The van der Waals surface area contributed by atoms with E-state index in [1.807, 2.05) is 0 Å². The summed E-state index contributed by atoms with van der Waals surface area (Å²) >= 11 is 0. The molecule has 1 aliphatic carbocycles. The SMILES string of the molecule is O=CC1(CCF)CCCCCC1. The molecule has 0 unspecified atom stereocenters. The maximum absolute atomic E-state index is 12.2. The molecule has 0 atom stereocenters. The van der Waals surface area contributed by atoms with Crippen molar-refractivity contribution in [1.29, 1.82) is 0 Å². The first kappa shape index (κ1) is 9.69. The number of hydrogen-bond acceptors (Lipinski definition) is 1. The van der Waals surface area contributed by atoms with Crippen LogP contribution in [0.4, 0.5) is 4.39 Å². The Labute approximate surface area is 73.3 Å². The molecule has 0 saturated heterocycles. The first-order valence-corrected chi connectivity index (χ1v) is 4.85. The molecule has 1 nitrogen and oxygen atoms in total. The van der Waals surface area contributed by atoms with E-state index in [-0.39, 0.29) is 12.1 Å². The van der Waals surface area contributed by atoms with Gasteiger partial charge in [0.05, 0.1) is 6.67 Å². The zero-order chi connectivity index (χ0) is 8.86. The second-order valence-corrected chi connectivity index (χ2v) is 3.83. The molecular formula is C10H17FO. The second-order valence-electron chi connectivity index (χ2n) is 3.83. The van der Waals surface area contributed by atoms with Crippen LogP contribution in [0.3, 0.4) is 0 Å². The van der Waals surface area contributed by atoms with E-state index >= 15 is 0 Å². The lowest BCUT2D eigenvalue weighted by atomic mass is 9.79. The van der Waals surface area contributed by atoms with Gasteiger partial charge in [0, 0.05) is 5.41 Å². The van der Waals surface area contributed by atoms with Crippen molar-refractivity contribution in [3.63, 3.8) is 0 Å². The number of alkyl halides is 1. The van der Waals surface area contributed by atoms with E-state index in [4.69, 9.17) is 0 Å². The summed E-state index contributed by atoms with van der Waals surface area (Å²) in [6, 6.07) is 0. The van der Waals surface area contributed by atoms with Gasteiger partial charge in [0.2, 0.25) is 0 Å². The lowest BCUT2D eigenvalue weighted by molar-refractivity contribution is -0.117. The van der Waals surface area contributed by atoms with Crippen LogP contribution in [-0.4, -0.2) is 13.0 Å². The summed E-state index contributed by atoms with van der Waals surface area (Å²) in [5.74, 6) is 0. The summed E-state index contributed by atoms with van der Waals surface area (Å²) < 4.78 is 12.2. The van der Waals surface area contributed by atoms with Crippen LogP contribution in [0.1, 0.15) is 44.9 Å². The van der Waals surface area contributed by atoms with Crippen LogP contribution in [-0.2, 0) is 4.79 Å². The van der Waals surface area contributed by atoms with Gasteiger partial charge in [-0.05, 0) is 19.3 Å². The fourth-order valence-electron chi connectivity index (χ4n) is 2.05. The van der Waals surface area contributed by atoms with Crippen molar-refractivity contribution in [2.45, 2.75) is 44.9 Å². The van der Waals surface area contributed by atoms with Crippen LogP contribution < -0.4 is 0 Å². The molecule has 0 heterocycles. The van der Waals surface area contributed by atoms with Crippen LogP contribution in [0.15, 0.2) is 0 Å². The number of rotatable bonds is 3. The van der Waals surface area contributed by atoms with E-state index < -0.39 is 0 Å². The Bertz CT molecular complexity index is 137. The van der Waals surface area contributed by atoms with Crippen LogP contribution in [0, 0.1) is 5.41 Å². The highest BCUT2D eigenvalue weighted by Gasteiger charge is 2.29. The van der Waals surface area contributed by atoms with Crippen molar-refractivity contribution in [2.24, 2.45) is 5.41 Å². The van der Waals surface area contributed by atoms with E-state index in [1.165, 1.54) is 12.8 Å². The van der Waals surface area contributed by atoms with Gasteiger partial charge in [-0.15, -0.1) is 0 Å². The lowest BCUT2D eigenvalue weighted by Gasteiger charge is -2.24. The first-order valence-electron chi connectivity index (χ1n) is 4.85. The van der Waals surface area contributed by atoms with Gasteiger partial charge in [-0.1, -0.05) is 25.7 Å². The molecule has 1 rings (SSSR count). The normalized spacial score (nSPS) is 23.1. The zero-order valence-corrected chi connectivity index (χ0v) is 7.52. The Morgan fingerprint density at radius 3 is 2.17 bits per heavy atom. The number of carbonyl (C=O) groups is 1. The number of halogens is 1. The third kappa shape index (κ3) is 2.29. The number of aldehydes is 1. The Morgan fingerprint density at radius 2 is 1.75 bits per heavy atom. The molecule has 1 fully saturated rings. The van der Waals surface area contributed by atoms with Crippen molar-refractivity contribution < 1.29 is 9.18 Å². The summed E-state index contributed by atoms with van der Waals surface area (Å²) in [5.41, 5.74) is -0.300. The number of hydrogen-bond donors (Lipinski definition) is 0. The largest absolute Gasteiger partial charge is 0.303 e. The van der Waals surface area contributed by atoms with Gasteiger partial charge in [0.1, 0.15) is 6.29 Å². The van der Waals surface area contributed by atoms with Gasteiger partial charge >= 0.3 is 0 Å². The molecule has 0 aliphatic heterocycles. The van der Waals surface area contributed by atoms with Crippen LogP contribution in [0.2, 0.25) is 0 Å². The lowest BCUT2D eigenvalue weighted by Crippen LogP contribution is -2.22. The van der Waals surface area contributed by atoms with E-state index in [1.54, 1.807) is 0 Å². The predicted molar refractivity (Wildman–Crippen MR) is 46.8 cm³/mol. The van der Waals surface area contributed by atoms with Crippen LogP contribution >= 0.6 is 0 Å². The summed E-state index contributed by atoms with van der Waals surface area (Å²) in [4.78, 5) is 10.9. The molecule has 0 bridgehead atoms. The summed E-state index contributed by atoms with van der Waals surface area (Å²) in [5, 5.41) is 0. The molecule has 0 amide bonds. The Hall–Kier alpha value is -0.400. The summed E-state index contributed by atoms with van der Waals surface area (Å²) in [6.45, 7) is -0.348. The molecule has 1 saturated carbocycles. The Morgan fingerprint density at radius 1 is 1.17 bits per heavy atom. The molecule has 0 N–H and O–H groups in total. The summed E-state index contributed by atoms with van der Waals surface area (Å²) in [6.07, 6.45) is 7.86. The molecule has 0 aromatic carbocycles. The molecule has 2 heteroatoms. The molecule has 0 aromatic heterocycles. The fraction of sp³-hybridized carbons (Fsp3) is 0.900. The minimum Gasteiger partial charge on any atom is -0.303 e. The van der Waals surface area contributed by atoms with Crippen molar-refractivity contribution in [2.75, 3.05) is 6.67 Å². The van der Waals surface area contributed by atoms with Crippen molar-refractivity contribution in [1.82, 2.24) is 0 Å². The molecule has 70 valence electrons. The van der Waals surface area contributed by atoms with E-state index in [0.717, 1.165) is 32.0 Å². The maximum Gasteiger partial charge on any atom is 0.126 e. The van der Waals surface area contributed by atoms with E-state index in [0.29, 0.717) is 6.42 Å². The standard InChI is InChI=1S/C10H17FO/c11-8-7-10(9-12)5-3-1-2-4-6-10/h9H,1-8H2. The Kier molecular flexibility index (Phi) is 3.70. The average Bonchev–Trinajstić information content (AvgIpc) is 2.32. The molecular weight excluding hydrogens is 155 g/mol. The van der Waals surface area contributed by atoms with E-state index in [2.05, 4.69) is 0 Å². The van der Waals surface area contributed by atoms with Gasteiger partial charge in [-0.2, -0.15) is 0 Å². The Balaban J connectivity index is 2.54. The second kappa shape index (κ2) is 4.58. The van der Waals surface area contributed by atoms with Gasteiger partial charge < -0.3 is 4.79 Å². The monoisotopic (exact) mass is 172 g/mol. The highest BCUT2D eigenvalue weighted by Crippen LogP contribution is 2.36. The topological polar surface area (TPSA) is 17.1 Å². The number of carbonyl (C=O) groups excluding carboxylic acids is 1. The van der Waals surface area contributed by atoms with Crippen molar-refractivity contribution in [3.8, 4) is 0 Å². The smallest absolute Gasteiger partial charge is 0.126 e. The van der Waals surface area contributed by atoms with Crippen LogP contribution in [0.5, 0.6) is 0 Å². The molecule has 0 aromatic rings. The van der Waals surface area contributed by atoms with Crippen LogP contribution in [0.25, 0.3) is 0 Å². The van der Waals surface area contributed by atoms with Crippen molar-refractivity contribution in [3.05, 3.63) is 0 Å². The molecule has 1 aliphatic rings. The quantitative estimate of drug-likeness (QED) is 0.472. The highest BCUT2D eigenvalue weighted by atomic mass is 19.1. The van der Waals surface area contributed by atoms with Gasteiger partial charge in [-0.3, -0.25) is 4.39 Å². The van der Waals surface area contributed by atoms with Gasteiger partial charge in [-0.25, -0.2) is 0 Å². The van der Waals surface area contributed by atoms with E-state index in [9.17, 15) is 9.18 Å². The third-order valence-electron chi connectivity index (χ3n) is 2.94. The third-order valence-corrected chi connectivity index (χ3v) is 2.94.